The fourth-order valence-corrected chi connectivity index (χ4v) is 2.83. The van der Waals surface area contributed by atoms with Crippen LogP contribution in [-0.4, -0.2) is 24.7 Å². The van der Waals surface area contributed by atoms with Gasteiger partial charge in [0.05, 0.1) is 6.10 Å². The minimum atomic E-state index is -0.464. The molecule has 0 aliphatic rings. The molecule has 0 radical (unpaired) electrons. The van der Waals surface area contributed by atoms with E-state index in [9.17, 15) is 4.79 Å². The van der Waals surface area contributed by atoms with Crippen molar-refractivity contribution in [3.8, 4) is 11.5 Å². The van der Waals surface area contributed by atoms with Crippen molar-refractivity contribution in [3.05, 3.63) is 59.7 Å². The lowest BCUT2D eigenvalue weighted by molar-refractivity contribution is -0.128. The molecule has 146 valence electrons. The maximum absolute atomic E-state index is 12.4. The van der Waals surface area contributed by atoms with Crippen molar-refractivity contribution in [2.75, 3.05) is 6.54 Å². The Morgan fingerprint density at radius 1 is 1.07 bits per heavy atom. The van der Waals surface area contributed by atoms with Gasteiger partial charge in [-0.3, -0.25) is 4.79 Å². The monoisotopic (exact) mass is 369 g/mol. The lowest BCUT2D eigenvalue weighted by Crippen LogP contribution is -2.38. The van der Waals surface area contributed by atoms with Gasteiger partial charge in [0.1, 0.15) is 11.5 Å². The summed E-state index contributed by atoms with van der Waals surface area (Å²) in [5.41, 5.74) is 2.25. The molecule has 1 N–H and O–H groups in total. The number of benzene rings is 2. The molecule has 1 atom stereocenters. The SMILES string of the molecule is CCC(Oc1ccccc1C)C(=O)NCCCc1cccc(OC(C)C)c1. The topological polar surface area (TPSA) is 47.6 Å². The summed E-state index contributed by atoms with van der Waals surface area (Å²) < 4.78 is 11.6. The third-order valence-electron chi connectivity index (χ3n) is 4.24. The first-order valence-corrected chi connectivity index (χ1v) is 9.75. The summed E-state index contributed by atoms with van der Waals surface area (Å²) in [6.45, 7) is 8.61. The number of carbonyl (C=O) groups is 1. The minimum Gasteiger partial charge on any atom is -0.491 e. The number of carbonyl (C=O) groups excluding carboxylic acids is 1. The van der Waals surface area contributed by atoms with E-state index in [0.717, 1.165) is 29.9 Å². The molecular formula is C23H31NO3. The van der Waals surface area contributed by atoms with Crippen molar-refractivity contribution in [1.82, 2.24) is 5.32 Å². The Morgan fingerprint density at radius 2 is 1.85 bits per heavy atom. The predicted molar refractivity (Wildman–Crippen MR) is 109 cm³/mol. The second kappa shape index (κ2) is 10.6. The van der Waals surface area contributed by atoms with Crippen LogP contribution in [0.1, 0.15) is 44.7 Å². The number of nitrogens with one attached hydrogen (secondary N) is 1. The van der Waals surface area contributed by atoms with Crippen LogP contribution in [0, 0.1) is 6.92 Å². The molecule has 0 heterocycles. The zero-order chi connectivity index (χ0) is 19.6. The molecule has 2 aromatic rings. The number of rotatable bonds is 10. The molecule has 0 spiro atoms. The van der Waals surface area contributed by atoms with Gasteiger partial charge >= 0.3 is 0 Å². The van der Waals surface area contributed by atoms with Crippen LogP contribution in [0.2, 0.25) is 0 Å². The highest BCUT2D eigenvalue weighted by Crippen LogP contribution is 2.19. The summed E-state index contributed by atoms with van der Waals surface area (Å²) in [6.07, 6.45) is 2.10. The molecule has 0 fully saturated rings. The van der Waals surface area contributed by atoms with E-state index in [0.29, 0.717) is 13.0 Å². The highest BCUT2D eigenvalue weighted by Gasteiger charge is 2.18. The number of para-hydroxylation sites is 1. The summed E-state index contributed by atoms with van der Waals surface area (Å²) in [5, 5.41) is 3.00. The molecule has 0 bridgehead atoms. The average molecular weight is 370 g/mol. The van der Waals surface area contributed by atoms with Crippen LogP contribution < -0.4 is 14.8 Å². The number of amides is 1. The van der Waals surface area contributed by atoms with Crippen LogP contribution in [0.3, 0.4) is 0 Å². The number of hydrogen-bond acceptors (Lipinski definition) is 3. The van der Waals surface area contributed by atoms with Gasteiger partial charge in [-0.2, -0.15) is 0 Å². The number of aryl methyl sites for hydroxylation is 2. The molecule has 0 aromatic heterocycles. The first-order chi connectivity index (χ1) is 13.0. The Bertz CT molecular complexity index is 727. The quantitative estimate of drug-likeness (QED) is 0.618. The molecule has 4 heteroatoms. The summed E-state index contributed by atoms with van der Waals surface area (Å²) >= 11 is 0. The van der Waals surface area contributed by atoms with Crippen molar-refractivity contribution < 1.29 is 14.3 Å². The zero-order valence-corrected chi connectivity index (χ0v) is 16.8. The first kappa shape index (κ1) is 20.8. The first-order valence-electron chi connectivity index (χ1n) is 9.75. The molecule has 27 heavy (non-hydrogen) atoms. The Morgan fingerprint density at radius 3 is 2.56 bits per heavy atom. The van der Waals surface area contributed by atoms with Gasteiger partial charge in [0.2, 0.25) is 0 Å². The third-order valence-corrected chi connectivity index (χ3v) is 4.24. The molecule has 2 rings (SSSR count). The Balaban J connectivity index is 1.78. The van der Waals surface area contributed by atoms with E-state index in [2.05, 4.69) is 17.4 Å². The smallest absolute Gasteiger partial charge is 0.261 e. The van der Waals surface area contributed by atoms with Crippen LogP contribution in [0.4, 0.5) is 0 Å². The standard InChI is InChI=1S/C23H31NO3/c1-5-21(27-22-14-7-6-10-18(22)4)23(25)24-15-9-12-19-11-8-13-20(16-19)26-17(2)3/h6-8,10-11,13-14,16-17,21H,5,9,12,15H2,1-4H3,(H,24,25). The van der Waals surface area contributed by atoms with Gasteiger partial charge < -0.3 is 14.8 Å². The maximum atomic E-state index is 12.4. The second-order valence-electron chi connectivity index (χ2n) is 6.99. The van der Waals surface area contributed by atoms with E-state index in [-0.39, 0.29) is 12.0 Å². The fraction of sp³-hybridized carbons (Fsp3) is 0.435. The van der Waals surface area contributed by atoms with E-state index in [1.54, 1.807) is 0 Å². The minimum absolute atomic E-state index is 0.0577. The Hall–Kier alpha value is -2.49. The van der Waals surface area contributed by atoms with E-state index in [1.165, 1.54) is 5.56 Å². The van der Waals surface area contributed by atoms with Crippen LogP contribution in [0.15, 0.2) is 48.5 Å². The van der Waals surface area contributed by atoms with Gasteiger partial charge in [-0.25, -0.2) is 0 Å². The van der Waals surface area contributed by atoms with Crippen LogP contribution in [0.5, 0.6) is 11.5 Å². The molecule has 0 saturated heterocycles. The number of hydrogen-bond donors (Lipinski definition) is 1. The summed E-state index contributed by atoms with van der Waals surface area (Å²) in [4.78, 5) is 12.4. The highest BCUT2D eigenvalue weighted by atomic mass is 16.5. The van der Waals surface area contributed by atoms with E-state index >= 15 is 0 Å². The van der Waals surface area contributed by atoms with Gasteiger partial charge in [-0.05, 0) is 69.4 Å². The average Bonchev–Trinajstić information content (AvgIpc) is 2.64. The van der Waals surface area contributed by atoms with Crippen molar-refractivity contribution in [3.63, 3.8) is 0 Å². The Labute approximate surface area is 162 Å². The largest absolute Gasteiger partial charge is 0.491 e. The summed E-state index contributed by atoms with van der Waals surface area (Å²) in [7, 11) is 0. The number of ether oxygens (including phenoxy) is 2. The van der Waals surface area contributed by atoms with Gasteiger partial charge in [-0.15, -0.1) is 0 Å². The molecule has 0 saturated carbocycles. The van der Waals surface area contributed by atoms with Crippen molar-refractivity contribution >= 4 is 5.91 Å². The fourth-order valence-electron chi connectivity index (χ4n) is 2.83. The lowest BCUT2D eigenvalue weighted by atomic mass is 10.1. The highest BCUT2D eigenvalue weighted by molar-refractivity contribution is 5.81. The van der Waals surface area contributed by atoms with Gasteiger partial charge in [-0.1, -0.05) is 37.3 Å². The predicted octanol–water partition coefficient (Wildman–Crippen LogP) is 4.69. The van der Waals surface area contributed by atoms with Crippen molar-refractivity contribution in [2.45, 2.75) is 59.2 Å². The van der Waals surface area contributed by atoms with Crippen LogP contribution in [-0.2, 0) is 11.2 Å². The van der Waals surface area contributed by atoms with E-state index in [1.807, 2.05) is 64.1 Å². The molecule has 1 unspecified atom stereocenters. The van der Waals surface area contributed by atoms with Gasteiger partial charge in [0.15, 0.2) is 6.10 Å². The summed E-state index contributed by atoms with van der Waals surface area (Å²) in [5.74, 6) is 1.60. The van der Waals surface area contributed by atoms with Crippen LogP contribution >= 0.6 is 0 Å². The summed E-state index contributed by atoms with van der Waals surface area (Å²) in [6, 6.07) is 15.9. The normalized spacial score (nSPS) is 11.9. The third kappa shape index (κ3) is 6.97. The van der Waals surface area contributed by atoms with Gasteiger partial charge in [0, 0.05) is 6.54 Å². The van der Waals surface area contributed by atoms with Crippen molar-refractivity contribution in [2.24, 2.45) is 0 Å². The molecular weight excluding hydrogens is 338 g/mol. The molecule has 1 amide bonds. The molecule has 4 nitrogen and oxygen atoms in total. The lowest BCUT2D eigenvalue weighted by Gasteiger charge is -2.18. The molecule has 0 aliphatic carbocycles. The Kier molecular flexibility index (Phi) is 8.18. The van der Waals surface area contributed by atoms with Crippen LogP contribution in [0.25, 0.3) is 0 Å². The second-order valence-corrected chi connectivity index (χ2v) is 6.99. The zero-order valence-electron chi connectivity index (χ0n) is 16.8. The van der Waals surface area contributed by atoms with Gasteiger partial charge in [0.25, 0.3) is 5.91 Å². The van der Waals surface area contributed by atoms with E-state index in [4.69, 9.17) is 9.47 Å². The molecule has 2 aromatic carbocycles. The van der Waals surface area contributed by atoms with E-state index < -0.39 is 6.10 Å². The maximum Gasteiger partial charge on any atom is 0.261 e. The van der Waals surface area contributed by atoms with Crippen molar-refractivity contribution in [1.29, 1.82) is 0 Å². The molecule has 0 aliphatic heterocycles.